The van der Waals surface area contributed by atoms with Gasteiger partial charge in [0.25, 0.3) is 0 Å². The minimum absolute atomic E-state index is 0.00137. The number of aliphatic hydroxyl groups is 1. The van der Waals surface area contributed by atoms with E-state index in [1.165, 1.54) is 31.3 Å². The van der Waals surface area contributed by atoms with Gasteiger partial charge < -0.3 is 19.8 Å². The SMILES string of the molecule is CN1CCN(c2ccc(F)cc2CC2CCN(c3ccc([C@@](C)(O)S(C)(=O)=O)nc3)C2=O)CC1. The lowest BCUT2D eigenvalue weighted by Gasteiger charge is -2.35. The van der Waals surface area contributed by atoms with E-state index in [1.54, 1.807) is 11.0 Å². The van der Waals surface area contributed by atoms with Gasteiger partial charge in [0.15, 0.2) is 9.84 Å². The zero-order valence-corrected chi connectivity index (χ0v) is 20.6. The smallest absolute Gasteiger partial charge is 0.230 e. The van der Waals surface area contributed by atoms with Crippen LogP contribution in [0.5, 0.6) is 0 Å². The molecule has 10 heteroatoms. The van der Waals surface area contributed by atoms with Gasteiger partial charge in [0.1, 0.15) is 5.82 Å². The van der Waals surface area contributed by atoms with E-state index < -0.39 is 14.8 Å². The van der Waals surface area contributed by atoms with Gasteiger partial charge in [-0.05, 0) is 62.7 Å². The molecular weight excluding hydrogens is 459 g/mol. The molecule has 1 unspecified atom stereocenters. The molecule has 3 heterocycles. The summed E-state index contributed by atoms with van der Waals surface area (Å²) in [6.07, 6.45) is 3.43. The maximum atomic E-state index is 14.1. The number of piperazine rings is 1. The molecule has 1 aromatic carbocycles. The molecule has 2 aliphatic rings. The van der Waals surface area contributed by atoms with Crippen molar-refractivity contribution in [2.75, 3.05) is 55.8 Å². The highest BCUT2D eigenvalue weighted by molar-refractivity contribution is 7.91. The summed E-state index contributed by atoms with van der Waals surface area (Å²) in [6.45, 7) is 5.25. The Morgan fingerprint density at radius 1 is 1.15 bits per heavy atom. The molecule has 2 aromatic rings. The number of hydrogen-bond donors (Lipinski definition) is 1. The number of amides is 1. The van der Waals surface area contributed by atoms with E-state index in [4.69, 9.17) is 0 Å². The molecule has 184 valence electrons. The van der Waals surface area contributed by atoms with Crippen molar-refractivity contribution in [2.24, 2.45) is 5.92 Å². The maximum absolute atomic E-state index is 14.1. The number of pyridine rings is 1. The van der Waals surface area contributed by atoms with Gasteiger partial charge in [-0.1, -0.05) is 0 Å². The number of anilines is 2. The molecular formula is C24H31FN4O4S. The number of sulfone groups is 1. The molecule has 0 radical (unpaired) electrons. The molecule has 4 rings (SSSR count). The van der Waals surface area contributed by atoms with E-state index in [0.717, 1.165) is 43.7 Å². The summed E-state index contributed by atoms with van der Waals surface area (Å²) in [5.74, 6) is -0.669. The summed E-state index contributed by atoms with van der Waals surface area (Å²) in [7, 11) is -1.70. The second-order valence-electron chi connectivity index (χ2n) is 9.40. The van der Waals surface area contributed by atoms with Gasteiger partial charge in [-0.2, -0.15) is 0 Å². The van der Waals surface area contributed by atoms with Crippen LogP contribution < -0.4 is 9.80 Å². The Morgan fingerprint density at radius 3 is 2.47 bits per heavy atom. The molecule has 2 atom stereocenters. The number of benzene rings is 1. The normalized spacial score (nSPS) is 21.7. The van der Waals surface area contributed by atoms with Crippen molar-refractivity contribution in [1.29, 1.82) is 0 Å². The Labute approximate surface area is 199 Å². The van der Waals surface area contributed by atoms with Gasteiger partial charge in [0.2, 0.25) is 10.8 Å². The first-order chi connectivity index (χ1) is 16.0. The maximum Gasteiger partial charge on any atom is 0.230 e. The zero-order valence-electron chi connectivity index (χ0n) is 19.7. The molecule has 0 saturated carbocycles. The van der Waals surface area contributed by atoms with Crippen LogP contribution in [0.15, 0.2) is 36.5 Å². The van der Waals surface area contributed by atoms with E-state index in [-0.39, 0.29) is 23.3 Å². The van der Waals surface area contributed by atoms with Gasteiger partial charge in [-0.25, -0.2) is 12.8 Å². The van der Waals surface area contributed by atoms with Crippen LogP contribution in [0.25, 0.3) is 0 Å². The lowest BCUT2D eigenvalue weighted by Crippen LogP contribution is -2.44. The summed E-state index contributed by atoms with van der Waals surface area (Å²) >= 11 is 0. The van der Waals surface area contributed by atoms with Crippen LogP contribution in [-0.4, -0.2) is 75.3 Å². The Balaban J connectivity index is 1.50. The lowest BCUT2D eigenvalue weighted by atomic mass is 9.96. The summed E-state index contributed by atoms with van der Waals surface area (Å²) in [6, 6.07) is 7.84. The number of likely N-dealkylation sites (N-methyl/N-ethyl adjacent to an activating group) is 1. The number of nitrogens with zero attached hydrogens (tertiary/aromatic N) is 4. The predicted molar refractivity (Wildman–Crippen MR) is 129 cm³/mol. The van der Waals surface area contributed by atoms with Gasteiger partial charge in [-0.15, -0.1) is 0 Å². The topological polar surface area (TPSA) is 94.1 Å². The van der Waals surface area contributed by atoms with Crippen LogP contribution in [0.2, 0.25) is 0 Å². The first kappa shape index (κ1) is 24.6. The third-order valence-corrected chi connectivity index (χ3v) is 8.58. The highest BCUT2D eigenvalue weighted by Crippen LogP contribution is 2.32. The first-order valence-electron chi connectivity index (χ1n) is 11.4. The number of rotatable bonds is 6. The molecule has 2 aliphatic heterocycles. The summed E-state index contributed by atoms with van der Waals surface area (Å²) in [5, 5.41) is 10.3. The van der Waals surface area contributed by atoms with E-state index in [0.29, 0.717) is 25.1 Å². The van der Waals surface area contributed by atoms with Crippen molar-refractivity contribution in [3.63, 3.8) is 0 Å². The standard InChI is InChI=1S/C24H31FN4O4S/c1-24(31,34(3,32)33)22-7-5-20(16-26-22)29-9-8-17(23(29)30)14-18-15-19(25)4-6-21(18)28-12-10-27(2)11-13-28/h4-7,15-17,31H,8-14H2,1-3H3/t17?,24-/m0/s1. The number of hydrogen-bond acceptors (Lipinski definition) is 7. The average molecular weight is 491 g/mol. The lowest BCUT2D eigenvalue weighted by molar-refractivity contribution is -0.120. The fourth-order valence-electron chi connectivity index (χ4n) is 4.53. The van der Waals surface area contributed by atoms with Crippen molar-refractivity contribution >= 4 is 27.1 Å². The van der Waals surface area contributed by atoms with Gasteiger partial charge in [-0.3, -0.25) is 9.78 Å². The van der Waals surface area contributed by atoms with Gasteiger partial charge >= 0.3 is 0 Å². The molecule has 0 aliphatic carbocycles. The van der Waals surface area contributed by atoms with Crippen molar-refractivity contribution < 1.29 is 22.7 Å². The molecule has 1 N–H and O–H groups in total. The van der Waals surface area contributed by atoms with Gasteiger partial charge in [0, 0.05) is 50.6 Å². The van der Waals surface area contributed by atoms with Crippen molar-refractivity contribution in [3.8, 4) is 0 Å². The molecule has 34 heavy (non-hydrogen) atoms. The number of halogens is 1. The zero-order chi connectivity index (χ0) is 24.7. The highest BCUT2D eigenvalue weighted by Gasteiger charge is 2.37. The van der Waals surface area contributed by atoms with Crippen LogP contribution in [0, 0.1) is 11.7 Å². The van der Waals surface area contributed by atoms with E-state index in [1.807, 2.05) is 6.07 Å². The predicted octanol–water partition coefficient (Wildman–Crippen LogP) is 1.78. The number of carbonyl (C=O) groups is 1. The molecule has 1 aromatic heterocycles. The number of aromatic nitrogens is 1. The van der Waals surface area contributed by atoms with Crippen molar-refractivity contribution in [3.05, 3.63) is 53.6 Å². The fourth-order valence-corrected chi connectivity index (χ4v) is 5.03. The summed E-state index contributed by atoms with van der Waals surface area (Å²) in [4.78, 5) is 21.3. The largest absolute Gasteiger partial charge is 0.370 e. The number of carbonyl (C=O) groups excluding carboxylic acids is 1. The first-order valence-corrected chi connectivity index (χ1v) is 13.3. The average Bonchev–Trinajstić information content (AvgIpc) is 3.14. The third-order valence-electron chi connectivity index (χ3n) is 6.93. The monoisotopic (exact) mass is 490 g/mol. The van der Waals surface area contributed by atoms with Crippen molar-refractivity contribution in [1.82, 2.24) is 9.88 Å². The van der Waals surface area contributed by atoms with E-state index >= 15 is 0 Å². The summed E-state index contributed by atoms with van der Waals surface area (Å²) < 4.78 is 37.8. The molecule has 0 spiro atoms. The van der Waals surface area contributed by atoms with Crippen LogP contribution >= 0.6 is 0 Å². The fraction of sp³-hybridized carbons (Fsp3) is 0.500. The highest BCUT2D eigenvalue weighted by atomic mass is 32.2. The molecule has 0 bridgehead atoms. The Morgan fingerprint density at radius 2 is 1.85 bits per heavy atom. The quantitative estimate of drug-likeness (QED) is 0.660. The van der Waals surface area contributed by atoms with Crippen molar-refractivity contribution in [2.45, 2.75) is 24.7 Å². The van der Waals surface area contributed by atoms with Crippen LogP contribution in [0.1, 0.15) is 24.6 Å². The molecule has 1 amide bonds. The molecule has 2 saturated heterocycles. The van der Waals surface area contributed by atoms with E-state index in [2.05, 4.69) is 21.8 Å². The second-order valence-corrected chi connectivity index (χ2v) is 11.7. The van der Waals surface area contributed by atoms with Gasteiger partial charge in [0.05, 0.1) is 17.6 Å². The molecule has 8 nitrogen and oxygen atoms in total. The van der Waals surface area contributed by atoms with Crippen LogP contribution in [0.3, 0.4) is 0 Å². The Bertz CT molecular complexity index is 1160. The van der Waals surface area contributed by atoms with Crippen LogP contribution in [0.4, 0.5) is 15.8 Å². The third kappa shape index (κ3) is 4.80. The Kier molecular flexibility index (Phi) is 6.67. The molecule has 2 fully saturated rings. The minimum atomic E-state index is -3.79. The van der Waals surface area contributed by atoms with Crippen LogP contribution in [-0.2, 0) is 26.0 Å². The minimum Gasteiger partial charge on any atom is -0.370 e. The summed E-state index contributed by atoms with van der Waals surface area (Å²) in [5.41, 5.74) is 2.36. The van der Waals surface area contributed by atoms with E-state index in [9.17, 15) is 22.7 Å². The second kappa shape index (κ2) is 9.24. The Hall–Kier alpha value is -2.56.